The van der Waals surface area contributed by atoms with Crippen molar-refractivity contribution in [2.45, 2.75) is 51.2 Å². The summed E-state index contributed by atoms with van der Waals surface area (Å²) < 4.78 is 13.3. The molecule has 2 N–H and O–H groups in total. The van der Waals surface area contributed by atoms with Crippen molar-refractivity contribution in [2.75, 3.05) is 13.1 Å². The van der Waals surface area contributed by atoms with Crippen LogP contribution in [0.2, 0.25) is 0 Å². The number of nitrogens with one attached hydrogen (secondary N) is 2. The molecule has 5 nitrogen and oxygen atoms in total. The summed E-state index contributed by atoms with van der Waals surface area (Å²) in [7, 11) is 0. The first-order valence-corrected chi connectivity index (χ1v) is 11.0. The minimum absolute atomic E-state index is 0.0221. The molecule has 2 aromatic rings. The molecule has 164 valence electrons. The normalized spacial score (nSPS) is 24.2. The number of hydrogen-bond donors (Lipinski definition) is 2. The molecule has 2 aliphatic heterocycles. The lowest BCUT2D eigenvalue weighted by Crippen LogP contribution is -2.62. The maximum Gasteiger partial charge on any atom is 0.252 e. The Balaban J connectivity index is 1.60. The minimum Gasteiger partial charge on any atom is -0.354 e. The van der Waals surface area contributed by atoms with Gasteiger partial charge >= 0.3 is 0 Å². The molecule has 6 heteroatoms. The first kappa shape index (κ1) is 21.5. The molecular weight excluding hydrogens is 393 g/mol. The summed E-state index contributed by atoms with van der Waals surface area (Å²) in [5.41, 5.74) is 2.09. The van der Waals surface area contributed by atoms with Gasteiger partial charge in [-0.3, -0.25) is 14.5 Å². The van der Waals surface area contributed by atoms with Crippen LogP contribution in [-0.2, 0) is 17.6 Å². The van der Waals surface area contributed by atoms with Gasteiger partial charge in [-0.1, -0.05) is 30.3 Å². The van der Waals surface area contributed by atoms with Gasteiger partial charge in [0.2, 0.25) is 5.91 Å². The predicted molar refractivity (Wildman–Crippen MR) is 118 cm³/mol. The highest BCUT2D eigenvalue weighted by molar-refractivity contribution is 5.98. The van der Waals surface area contributed by atoms with Crippen LogP contribution in [0.25, 0.3) is 0 Å². The van der Waals surface area contributed by atoms with E-state index < -0.39 is 5.54 Å². The average molecular weight is 424 g/mol. The number of nitrogens with zero attached hydrogens (tertiary/aromatic N) is 1. The zero-order valence-corrected chi connectivity index (χ0v) is 18.3. The number of benzene rings is 2. The Morgan fingerprint density at radius 1 is 1.19 bits per heavy atom. The van der Waals surface area contributed by atoms with E-state index in [1.165, 1.54) is 12.1 Å². The van der Waals surface area contributed by atoms with Gasteiger partial charge in [-0.25, -0.2) is 4.39 Å². The maximum atomic E-state index is 13.3. The molecule has 1 spiro atoms. The van der Waals surface area contributed by atoms with Gasteiger partial charge in [-0.2, -0.15) is 0 Å². The van der Waals surface area contributed by atoms with Crippen LogP contribution in [-0.4, -0.2) is 47.4 Å². The molecule has 0 aliphatic carbocycles. The van der Waals surface area contributed by atoms with Gasteiger partial charge in [0.25, 0.3) is 5.91 Å². The Bertz CT molecular complexity index is 975. The van der Waals surface area contributed by atoms with Crippen molar-refractivity contribution in [3.63, 3.8) is 0 Å². The highest BCUT2D eigenvalue weighted by atomic mass is 19.1. The van der Waals surface area contributed by atoms with E-state index in [0.717, 1.165) is 17.5 Å². The highest BCUT2D eigenvalue weighted by Crippen LogP contribution is 2.37. The number of fused-ring (bicyclic) bond motifs is 1. The fourth-order valence-corrected chi connectivity index (χ4v) is 4.97. The van der Waals surface area contributed by atoms with Gasteiger partial charge in [-0.15, -0.1) is 0 Å². The number of carbonyl (C=O) groups excluding carboxylic acids is 2. The van der Waals surface area contributed by atoms with Crippen molar-refractivity contribution in [2.24, 2.45) is 5.92 Å². The van der Waals surface area contributed by atoms with E-state index in [4.69, 9.17) is 0 Å². The molecule has 3 atom stereocenters. The molecule has 0 bridgehead atoms. The summed E-state index contributed by atoms with van der Waals surface area (Å²) in [6.07, 6.45) is 1.38. The quantitative estimate of drug-likeness (QED) is 0.777. The van der Waals surface area contributed by atoms with Crippen molar-refractivity contribution in [3.05, 3.63) is 71.0 Å². The fraction of sp³-hybridized carbons (Fsp3) is 0.440. The van der Waals surface area contributed by atoms with Crippen molar-refractivity contribution < 1.29 is 14.0 Å². The Hall–Kier alpha value is -2.73. The van der Waals surface area contributed by atoms with Crippen LogP contribution in [0, 0.1) is 11.7 Å². The largest absolute Gasteiger partial charge is 0.354 e. The Kier molecular flexibility index (Phi) is 5.84. The van der Waals surface area contributed by atoms with E-state index >= 15 is 0 Å². The van der Waals surface area contributed by atoms with Gasteiger partial charge in [0, 0.05) is 30.7 Å². The van der Waals surface area contributed by atoms with Gasteiger partial charge < -0.3 is 10.6 Å². The van der Waals surface area contributed by atoms with Gasteiger partial charge in [-0.05, 0) is 62.9 Å². The van der Waals surface area contributed by atoms with Crippen LogP contribution in [0.3, 0.4) is 0 Å². The third-order valence-electron chi connectivity index (χ3n) is 6.51. The second-order valence-electron chi connectivity index (χ2n) is 9.27. The summed E-state index contributed by atoms with van der Waals surface area (Å²) in [6, 6.07) is 14.4. The number of halogens is 1. The number of carbonyl (C=O) groups is 2. The number of rotatable bonds is 5. The van der Waals surface area contributed by atoms with E-state index in [-0.39, 0.29) is 35.6 Å². The maximum absolute atomic E-state index is 13.3. The summed E-state index contributed by atoms with van der Waals surface area (Å²) in [5.74, 6) is -0.725. The Morgan fingerprint density at radius 3 is 2.61 bits per heavy atom. The zero-order chi connectivity index (χ0) is 22.2. The standard InChI is InChI=1S/C25H30FN3O2/c1-16(2)27-24(31)22-14-29(17(3)12-18-8-10-20(26)11-9-18)15-25(22)13-19-6-4-5-7-21(19)23(30)28-25/h4-11,16-17,22H,12-15H2,1-3H3,(H,27,31)(H,28,30)/t17-,22-,25+/m0/s1. The summed E-state index contributed by atoms with van der Waals surface area (Å²) in [6.45, 7) is 7.19. The molecule has 4 rings (SSSR count). The minimum atomic E-state index is -0.637. The van der Waals surface area contributed by atoms with Crippen molar-refractivity contribution in [3.8, 4) is 0 Å². The highest BCUT2D eigenvalue weighted by Gasteiger charge is 2.53. The van der Waals surface area contributed by atoms with E-state index in [9.17, 15) is 14.0 Å². The van der Waals surface area contributed by atoms with Crippen molar-refractivity contribution in [1.82, 2.24) is 15.5 Å². The first-order chi connectivity index (χ1) is 14.8. The number of hydrogen-bond acceptors (Lipinski definition) is 3. The Morgan fingerprint density at radius 2 is 1.90 bits per heavy atom. The monoisotopic (exact) mass is 423 g/mol. The predicted octanol–water partition coefficient (Wildman–Crippen LogP) is 2.94. The second-order valence-corrected chi connectivity index (χ2v) is 9.27. The van der Waals surface area contributed by atoms with Crippen LogP contribution in [0.5, 0.6) is 0 Å². The van der Waals surface area contributed by atoms with Crippen LogP contribution in [0.1, 0.15) is 42.3 Å². The number of amides is 2. The first-order valence-electron chi connectivity index (χ1n) is 11.0. The molecule has 2 amide bonds. The molecule has 2 aromatic carbocycles. The molecule has 0 saturated carbocycles. The summed E-state index contributed by atoms with van der Waals surface area (Å²) in [4.78, 5) is 28.4. The topological polar surface area (TPSA) is 61.4 Å². The van der Waals surface area contributed by atoms with Gasteiger partial charge in [0.05, 0.1) is 11.5 Å². The lowest BCUT2D eigenvalue weighted by Gasteiger charge is -2.39. The molecule has 0 unspecified atom stereocenters. The van der Waals surface area contributed by atoms with Crippen molar-refractivity contribution in [1.29, 1.82) is 0 Å². The van der Waals surface area contributed by atoms with E-state index in [0.29, 0.717) is 25.1 Å². The zero-order valence-electron chi connectivity index (χ0n) is 18.3. The SMILES string of the molecule is CC(C)NC(=O)[C@@H]1CN([C@@H](C)Cc2ccc(F)cc2)C[C@]12Cc1ccccc1C(=O)N2. The fourth-order valence-electron chi connectivity index (χ4n) is 4.97. The molecule has 0 aromatic heterocycles. The van der Waals surface area contributed by atoms with Crippen LogP contribution < -0.4 is 10.6 Å². The van der Waals surface area contributed by atoms with E-state index in [1.807, 2.05) is 38.1 Å². The van der Waals surface area contributed by atoms with Crippen LogP contribution >= 0.6 is 0 Å². The number of likely N-dealkylation sites (tertiary alicyclic amines) is 1. The molecule has 2 aliphatic rings. The smallest absolute Gasteiger partial charge is 0.252 e. The molecule has 31 heavy (non-hydrogen) atoms. The second kappa shape index (κ2) is 8.42. The molecular formula is C25H30FN3O2. The molecule has 0 radical (unpaired) electrons. The lowest BCUT2D eigenvalue weighted by atomic mass is 9.77. The molecule has 1 saturated heterocycles. The van der Waals surface area contributed by atoms with Crippen LogP contribution in [0.4, 0.5) is 4.39 Å². The molecule has 1 fully saturated rings. The molecule has 2 heterocycles. The van der Waals surface area contributed by atoms with E-state index in [2.05, 4.69) is 22.5 Å². The van der Waals surface area contributed by atoms with E-state index in [1.54, 1.807) is 12.1 Å². The lowest BCUT2D eigenvalue weighted by molar-refractivity contribution is -0.126. The average Bonchev–Trinajstić information content (AvgIpc) is 3.08. The third kappa shape index (κ3) is 4.35. The Labute approximate surface area is 183 Å². The van der Waals surface area contributed by atoms with Crippen LogP contribution in [0.15, 0.2) is 48.5 Å². The van der Waals surface area contributed by atoms with Gasteiger partial charge in [0.15, 0.2) is 0 Å². The summed E-state index contributed by atoms with van der Waals surface area (Å²) in [5, 5.41) is 6.27. The van der Waals surface area contributed by atoms with Gasteiger partial charge in [0.1, 0.15) is 5.82 Å². The third-order valence-corrected chi connectivity index (χ3v) is 6.51. The summed E-state index contributed by atoms with van der Waals surface area (Å²) >= 11 is 0. The van der Waals surface area contributed by atoms with Crippen molar-refractivity contribution >= 4 is 11.8 Å².